The molecule has 0 amide bonds. The van der Waals surface area contributed by atoms with Crippen molar-refractivity contribution in [3.8, 4) is 40.1 Å². The molecule has 8 nitrogen and oxygen atoms in total. The SMILES string of the molecule is O=C(Oc1c(-c2ccc(O)c(O)c2)oc2cc(O)cc(O)c2c1=O)c1ccc(C(F)(F)F)cc1. The van der Waals surface area contributed by atoms with E-state index in [2.05, 4.69) is 0 Å². The van der Waals surface area contributed by atoms with Crippen molar-refractivity contribution in [2.24, 2.45) is 0 Å². The van der Waals surface area contributed by atoms with Crippen molar-refractivity contribution in [1.82, 2.24) is 0 Å². The molecule has 0 aliphatic carbocycles. The van der Waals surface area contributed by atoms with Crippen LogP contribution in [0.2, 0.25) is 0 Å². The highest BCUT2D eigenvalue weighted by atomic mass is 19.4. The van der Waals surface area contributed by atoms with Crippen molar-refractivity contribution in [1.29, 1.82) is 0 Å². The van der Waals surface area contributed by atoms with Crippen molar-refractivity contribution < 1.29 is 47.5 Å². The van der Waals surface area contributed by atoms with Crippen molar-refractivity contribution >= 4 is 16.9 Å². The lowest BCUT2D eigenvalue weighted by Crippen LogP contribution is -2.16. The highest BCUT2D eigenvalue weighted by molar-refractivity contribution is 5.94. The molecule has 0 saturated carbocycles. The molecule has 0 bridgehead atoms. The van der Waals surface area contributed by atoms with Crippen LogP contribution in [-0.4, -0.2) is 26.4 Å². The van der Waals surface area contributed by atoms with E-state index in [0.717, 1.165) is 36.4 Å². The summed E-state index contributed by atoms with van der Waals surface area (Å²) in [6.45, 7) is 0. The number of fused-ring (bicyclic) bond motifs is 1. The fraction of sp³-hybridized carbons (Fsp3) is 0.0435. The summed E-state index contributed by atoms with van der Waals surface area (Å²) in [5.74, 6) is -4.59. The Labute approximate surface area is 187 Å². The van der Waals surface area contributed by atoms with Crippen LogP contribution in [0.4, 0.5) is 13.2 Å². The van der Waals surface area contributed by atoms with Gasteiger partial charge in [-0.1, -0.05) is 0 Å². The molecule has 0 radical (unpaired) electrons. The Morgan fingerprint density at radius 3 is 2.15 bits per heavy atom. The van der Waals surface area contributed by atoms with Gasteiger partial charge in [0.05, 0.1) is 11.1 Å². The minimum Gasteiger partial charge on any atom is -0.508 e. The van der Waals surface area contributed by atoms with Crippen LogP contribution < -0.4 is 10.2 Å². The first-order valence-corrected chi connectivity index (χ1v) is 9.40. The van der Waals surface area contributed by atoms with Crippen LogP contribution in [0.5, 0.6) is 28.7 Å². The third-order valence-corrected chi connectivity index (χ3v) is 4.80. The zero-order chi connectivity index (χ0) is 24.8. The topological polar surface area (TPSA) is 137 Å². The van der Waals surface area contributed by atoms with Gasteiger partial charge in [0.1, 0.15) is 22.5 Å². The average Bonchev–Trinajstić information content (AvgIpc) is 2.76. The summed E-state index contributed by atoms with van der Waals surface area (Å²) in [6.07, 6.45) is -4.63. The molecular formula is C23H13F3O8. The second-order valence-corrected chi connectivity index (χ2v) is 7.10. The van der Waals surface area contributed by atoms with E-state index in [4.69, 9.17) is 9.15 Å². The van der Waals surface area contributed by atoms with E-state index in [1.54, 1.807) is 0 Å². The van der Waals surface area contributed by atoms with E-state index in [-0.39, 0.29) is 16.7 Å². The Morgan fingerprint density at radius 2 is 1.53 bits per heavy atom. The molecular weight excluding hydrogens is 461 g/mol. The van der Waals surface area contributed by atoms with Crippen LogP contribution in [0.1, 0.15) is 15.9 Å². The van der Waals surface area contributed by atoms with Crippen LogP contribution in [0.15, 0.2) is 63.8 Å². The first-order chi connectivity index (χ1) is 16.0. The van der Waals surface area contributed by atoms with Gasteiger partial charge in [-0.05, 0) is 42.5 Å². The van der Waals surface area contributed by atoms with Gasteiger partial charge < -0.3 is 29.6 Å². The third kappa shape index (κ3) is 4.06. The van der Waals surface area contributed by atoms with E-state index < -0.39 is 63.0 Å². The molecule has 0 saturated heterocycles. The lowest BCUT2D eigenvalue weighted by molar-refractivity contribution is -0.137. The van der Waals surface area contributed by atoms with Crippen molar-refractivity contribution in [3.05, 3.63) is 75.9 Å². The van der Waals surface area contributed by atoms with Crippen LogP contribution in [0.3, 0.4) is 0 Å². The predicted molar refractivity (Wildman–Crippen MR) is 111 cm³/mol. The highest BCUT2D eigenvalue weighted by Gasteiger charge is 2.30. The van der Waals surface area contributed by atoms with Gasteiger partial charge in [0.2, 0.25) is 11.2 Å². The zero-order valence-corrected chi connectivity index (χ0v) is 16.8. The Balaban J connectivity index is 1.88. The number of phenols is 4. The molecule has 1 aromatic heterocycles. The Hall–Kier alpha value is -4.67. The smallest absolute Gasteiger partial charge is 0.416 e. The van der Waals surface area contributed by atoms with Crippen LogP contribution in [0.25, 0.3) is 22.3 Å². The number of phenolic OH excluding ortho intramolecular Hbond substituents is 4. The summed E-state index contributed by atoms with van der Waals surface area (Å²) >= 11 is 0. The summed E-state index contributed by atoms with van der Waals surface area (Å²) in [6, 6.07) is 8.18. The lowest BCUT2D eigenvalue weighted by atomic mass is 10.1. The summed E-state index contributed by atoms with van der Waals surface area (Å²) in [4.78, 5) is 25.8. The first-order valence-electron chi connectivity index (χ1n) is 9.40. The number of ether oxygens (including phenoxy) is 1. The number of hydrogen-bond acceptors (Lipinski definition) is 8. The molecule has 0 atom stereocenters. The van der Waals surface area contributed by atoms with E-state index in [9.17, 15) is 43.2 Å². The molecule has 0 fully saturated rings. The maximum atomic E-state index is 13.1. The molecule has 1 heterocycles. The monoisotopic (exact) mass is 474 g/mol. The number of esters is 1. The van der Waals surface area contributed by atoms with Crippen LogP contribution in [-0.2, 0) is 6.18 Å². The number of carbonyl (C=O) groups is 1. The normalized spacial score (nSPS) is 11.5. The number of alkyl halides is 3. The molecule has 4 N–H and O–H groups in total. The fourth-order valence-corrected chi connectivity index (χ4v) is 3.16. The quantitative estimate of drug-likeness (QED) is 0.251. The molecule has 4 aromatic rings. The van der Waals surface area contributed by atoms with E-state index in [0.29, 0.717) is 12.1 Å². The highest BCUT2D eigenvalue weighted by Crippen LogP contribution is 2.38. The van der Waals surface area contributed by atoms with Gasteiger partial charge in [-0.15, -0.1) is 0 Å². The van der Waals surface area contributed by atoms with Gasteiger partial charge in [-0.25, -0.2) is 4.79 Å². The second kappa shape index (κ2) is 8.03. The summed E-state index contributed by atoms with van der Waals surface area (Å²) in [5.41, 5.74) is -2.69. The summed E-state index contributed by atoms with van der Waals surface area (Å²) < 4.78 is 49.1. The van der Waals surface area contributed by atoms with Gasteiger partial charge in [0, 0.05) is 17.7 Å². The number of benzene rings is 3. The molecule has 4 rings (SSSR count). The predicted octanol–water partition coefficient (Wildman–Crippen LogP) is 4.52. The van der Waals surface area contributed by atoms with Gasteiger partial charge in [-0.2, -0.15) is 13.2 Å². The largest absolute Gasteiger partial charge is 0.508 e. The first kappa shape index (κ1) is 22.5. The maximum absolute atomic E-state index is 13.1. The van der Waals surface area contributed by atoms with E-state index in [1.807, 2.05) is 0 Å². The standard InChI is InChI=1S/C23H13F3O8/c24-23(25,26)12-4-1-10(2-5-12)22(32)34-21-19(31)18-16(30)8-13(27)9-17(18)33-20(21)11-3-6-14(28)15(29)7-11/h1-9,27-30H. The molecule has 0 aliphatic heterocycles. The summed E-state index contributed by atoms with van der Waals surface area (Å²) in [5, 5.41) is 38.8. The number of aromatic hydroxyl groups is 4. The number of halogens is 3. The molecule has 174 valence electrons. The molecule has 0 unspecified atom stereocenters. The second-order valence-electron chi connectivity index (χ2n) is 7.10. The molecule has 11 heteroatoms. The Bertz CT molecular complexity index is 1490. The third-order valence-electron chi connectivity index (χ3n) is 4.80. The maximum Gasteiger partial charge on any atom is 0.416 e. The van der Waals surface area contributed by atoms with Crippen LogP contribution in [0, 0.1) is 0 Å². The molecule has 0 aliphatic rings. The summed E-state index contributed by atoms with van der Waals surface area (Å²) in [7, 11) is 0. The molecule has 0 spiro atoms. The van der Waals surface area contributed by atoms with Crippen molar-refractivity contribution in [2.45, 2.75) is 6.18 Å². The Morgan fingerprint density at radius 1 is 0.853 bits per heavy atom. The van der Waals surface area contributed by atoms with Gasteiger partial charge in [0.15, 0.2) is 17.3 Å². The van der Waals surface area contributed by atoms with Gasteiger partial charge >= 0.3 is 12.1 Å². The molecule has 34 heavy (non-hydrogen) atoms. The van der Waals surface area contributed by atoms with Crippen LogP contribution >= 0.6 is 0 Å². The average molecular weight is 474 g/mol. The fourth-order valence-electron chi connectivity index (χ4n) is 3.16. The Kier molecular flexibility index (Phi) is 5.32. The number of hydrogen-bond donors (Lipinski definition) is 4. The minimum atomic E-state index is -4.63. The zero-order valence-electron chi connectivity index (χ0n) is 16.8. The lowest BCUT2D eigenvalue weighted by Gasteiger charge is -2.12. The van der Waals surface area contributed by atoms with Gasteiger partial charge in [0.25, 0.3) is 0 Å². The van der Waals surface area contributed by atoms with Crippen molar-refractivity contribution in [2.75, 3.05) is 0 Å². The van der Waals surface area contributed by atoms with E-state index in [1.165, 1.54) is 6.07 Å². The minimum absolute atomic E-state index is 0.0349. The number of rotatable bonds is 3. The van der Waals surface area contributed by atoms with Crippen molar-refractivity contribution in [3.63, 3.8) is 0 Å². The van der Waals surface area contributed by atoms with Gasteiger partial charge in [-0.3, -0.25) is 4.79 Å². The molecule has 3 aromatic carbocycles. The number of carbonyl (C=O) groups excluding carboxylic acids is 1. The van der Waals surface area contributed by atoms with E-state index >= 15 is 0 Å².